The van der Waals surface area contributed by atoms with Crippen LogP contribution in [0.15, 0.2) is 29.1 Å². The van der Waals surface area contributed by atoms with Gasteiger partial charge in [0, 0.05) is 20.0 Å². The van der Waals surface area contributed by atoms with Crippen molar-refractivity contribution in [1.82, 2.24) is 30.6 Å². The Kier molecular flexibility index (Phi) is 10.3. The number of rotatable bonds is 10. The van der Waals surface area contributed by atoms with Crippen molar-refractivity contribution in [3.05, 3.63) is 46.0 Å². The van der Waals surface area contributed by atoms with Gasteiger partial charge in [0.15, 0.2) is 0 Å². The maximum atomic E-state index is 13.3. The minimum atomic E-state index is -1.04. The average Bonchev–Trinajstić information content (AvgIpc) is 2.95. The molecule has 3 atom stereocenters. The number of aliphatic carboxylic acids is 1. The molecule has 0 aliphatic carbocycles. The van der Waals surface area contributed by atoms with Crippen molar-refractivity contribution in [2.45, 2.75) is 78.9 Å². The molecule has 1 saturated heterocycles. The van der Waals surface area contributed by atoms with E-state index in [0.717, 1.165) is 5.56 Å². The highest BCUT2D eigenvalue weighted by atomic mass is 16.4. The zero-order valence-electron chi connectivity index (χ0n) is 25.4. The number of aryl methyl sites for hydroxylation is 1. The summed E-state index contributed by atoms with van der Waals surface area (Å²) in [6, 6.07) is 2.61. The van der Waals surface area contributed by atoms with Gasteiger partial charge in [-0.25, -0.2) is 10.4 Å². The number of aromatic nitrogens is 2. The Morgan fingerprint density at radius 3 is 2.50 bits per heavy atom. The van der Waals surface area contributed by atoms with Crippen molar-refractivity contribution >= 4 is 40.7 Å². The van der Waals surface area contributed by atoms with E-state index in [1.165, 1.54) is 11.9 Å². The van der Waals surface area contributed by atoms with Gasteiger partial charge in [-0.1, -0.05) is 39.0 Å². The van der Waals surface area contributed by atoms with Crippen molar-refractivity contribution < 1.29 is 24.3 Å². The van der Waals surface area contributed by atoms with Gasteiger partial charge in [0.2, 0.25) is 11.8 Å². The van der Waals surface area contributed by atoms with Crippen LogP contribution in [0.25, 0.3) is 17.0 Å². The lowest BCUT2D eigenvalue weighted by Crippen LogP contribution is -2.61. The lowest BCUT2D eigenvalue weighted by molar-refractivity contribution is -0.148. The molecule has 2 aromatic rings. The van der Waals surface area contributed by atoms with E-state index in [1.54, 1.807) is 69.7 Å². The molecule has 1 aromatic carbocycles. The van der Waals surface area contributed by atoms with Crippen molar-refractivity contribution in [2.24, 2.45) is 18.4 Å². The van der Waals surface area contributed by atoms with Gasteiger partial charge in [-0.2, -0.15) is 0 Å². The van der Waals surface area contributed by atoms with E-state index in [-0.39, 0.29) is 17.4 Å². The number of fused-ring (bicyclic) bond motifs is 1. The number of carbonyl (C=O) groups is 4. The van der Waals surface area contributed by atoms with E-state index in [2.05, 4.69) is 21.0 Å². The molecule has 3 unspecified atom stereocenters. The normalized spacial score (nSPS) is 17.3. The first-order valence-corrected chi connectivity index (χ1v) is 14.3. The molecule has 2 heterocycles. The van der Waals surface area contributed by atoms with Gasteiger partial charge in [-0.3, -0.25) is 33.5 Å². The number of benzene rings is 1. The van der Waals surface area contributed by atoms with Crippen LogP contribution in [0.2, 0.25) is 0 Å². The summed E-state index contributed by atoms with van der Waals surface area (Å²) < 4.78 is 1.54. The van der Waals surface area contributed by atoms with E-state index < -0.39 is 41.3 Å². The molecule has 1 aliphatic heterocycles. The molecule has 1 aromatic heterocycles. The molecule has 1 fully saturated rings. The minimum Gasteiger partial charge on any atom is -0.480 e. The summed E-state index contributed by atoms with van der Waals surface area (Å²) in [5, 5.41) is 16.5. The largest absolute Gasteiger partial charge is 0.480 e. The molecule has 0 radical (unpaired) electrons. The smallest absolute Gasteiger partial charge is 0.322 e. The molecule has 0 spiro atoms. The van der Waals surface area contributed by atoms with E-state index in [4.69, 9.17) is 0 Å². The molecule has 228 valence electrons. The van der Waals surface area contributed by atoms with Crippen LogP contribution in [0.3, 0.4) is 0 Å². The van der Waals surface area contributed by atoms with E-state index in [9.17, 15) is 29.1 Å². The first-order chi connectivity index (χ1) is 19.7. The Labute approximate surface area is 245 Å². The Bertz CT molecular complexity index is 1450. The summed E-state index contributed by atoms with van der Waals surface area (Å²) in [4.78, 5) is 67.9. The third kappa shape index (κ3) is 7.41. The Morgan fingerprint density at radius 1 is 1.19 bits per heavy atom. The first-order valence-electron chi connectivity index (χ1n) is 14.3. The van der Waals surface area contributed by atoms with Crippen LogP contribution >= 0.6 is 0 Å². The maximum absolute atomic E-state index is 13.3. The summed E-state index contributed by atoms with van der Waals surface area (Å²) in [6.07, 6.45) is 5.06. The van der Waals surface area contributed by atoms with Crippen LogP contribution in [-0.2, 0) is 32.6 Å². The van der Waals surface area contributed by atoms with Crippen molar-refractivity contribution in [1.29, 1.82) is 0 Å². The van der Waals surface area contributed by atoms with Gasteiger partial charge in [0.25, 0.3) is 11.5 Å². The molecular formula is C30H42N6O6. The highest BCUT2D eigenvalue weighted by Crippen LogP contribution is 2.22. The maximum Gasteiger partial charge on any atom is 0.322 e. The van der Waals surface area contributed by atoms with Crippen LogP contribution in [0, 0.1) is 11.3 Å². The number of carbonyl (C=O) groups excluding carboxylic acids is 3. The number of hydrazine groups is 1. The SMILES string of the molecule is CCc1nc2cc(/C=C/C(C)(C)C(=O)NC(C(=O)NC(C)C(=O)N3CCCC(C(=O)O)N3)C(C)C)ccc2c(=O)n1C. The predicted octanol–water partition coefficient (Wildman–Crippen LogP) is 1.76. The molecule has 0 bridgehead atoms. The quantitative estimate of drug-likeness (QED) is 0.329. The second-order valence-electron chi connectivity index (χ2n) is 11.7. The zero-order chi connectivity index (χ0) is 31.4. The highest BCUT2D eigenvalue weighted by Gasteiger charge is 2.34. The van der Waals surface area contributed by atoms with Gasteiger partial charge in [0.1, 0.15) is 23.9 Å². The van der Waals surface area contributed by atoms with Gasteiger partial charge < -0.3 is 15.7 Å². The van der Waals surface area contributed by atoms with E-state index >= 15 is 0 Å². The van der Waals surface area contributed by atoms with Crippen LogP contribution in [0.1, 0.15) is 65.8 Å². The number of hydrogen-bond donors (Lipinski definition) is 4. The van der Waals surface area contributed by atoms with E-state index in [0.29, 0.717) is 42.5 Å². The highest BCUT2D eigenvalue weighted by molar-refractivity contribution is 5.94. The average molecular weight is 583 g/mol. The molecule has 12 nitrogen and oxygen atoms in total. The third-order valence-electron chi connectivity index (χ3n) is 7.50. The molecule has 3 amide bonds. The third-order valence-corrected chi connectivity index (χ3v) is 7.50. The monoisotopic (exact) mass is 582 g/mol. The number of nitrogens with one attached hydrogen (secondary N) is 3. The summed E-state index contributed by atoms with van der Waals surface area (Å²) in [7, 11) is 1.70. The molecule has 4 N–H and O–H groups in total. The molecule has 42 heavy (non-hydrogen) atoms. The summed E-state index contributed by atoms with van der Waals surface area (Å²) in [6.45, 7) is 10.8. The Balaban J connectivity index is 1.69. The van der Waals surface area contributed by atoms with Gasteiger partial charge in [-0.15, -0.1) is 0 Å². The summed E-state index contributed by atoms with van der Waals surface area (Å²) in [5.41, 5.74) is 2.94. The standard InChI is InChI=1S/C30H42N6O6/c1-8-23-32-22-16-19(11-12-20(22)27(39)35(23)7)13-14-30(5,6)29(42)33-24(17(2)3)25(37)31-18(4)26(38)36-15-9-10-21(34-36)28(40)41/h11-14,16-18,21,24,34H,8-10,15H2,1-7H3,(H,31,37)(H,33,42)(H,40,41)/b14-13+. The lowest BCUT2D eigenvalue weighted by Gasteiger charge is -2.34. The predicted molar refractivity (Wildman–Crippen MR) is 159 cm³/mol. The van der Waals surface area contributed by atoms with Crippen molar-refractivity contribution in [3.8, 4) is 0 Å². The number of hydrogen-bond acceptors (Lipinski definition) is 7. The van der Waals surface area contributed by atoms with Gasteiger partial charge >= 0.3 is 5.97 Å². The van der Waals surface area contributed by atoms with Crippen LogP contribution in [0.5, 0.6) is 0 Å². The van der Waals surface area contributed by atoms with Crippen molar-refractivity contribution in [2.75, 3.05) is 6.54 Å². The second-order valence-corrected chi connectivity index (χ2v) is 11.7. The molecule has 3 rings (SSSR count). The second kappa shape index (κ2) is 13.3. The number of nitrogens with zero attached hydrogens (tertiary/aromatic N) is 3. The lowest BCUT2D eigenvalue weighted by atomic mass is 9.89. The first kappa shape index (κ1) is 32.5. The molecule has 12 heteroatoms. The molecule has 1 aliphatic rings. The molecular weight excluding hydrogens is 540 g/mol. The fourth-order valence-corrected chi connectivity index (χ4v) is 4.72. The Morgan fingerprint density at radius 2 is 1.88 bits per heavy atom. The number of carboxylic acids is 1. The summed E-state index contributed by atoms with van der Waals surface area (Å²) in [5.74, 6) is -1.99. The topological polar surface area (TPSA) is 163 Å². The summed E-state index contributed by atoms with van der Waals surface area (Å²) >= 11 is 0. The van der Waals surface area contributed by atoms with Crippen molar-refractivity contribution in [3.63, 3.8) is 0 Å². The van der Waals surface area contributed by atoms with Crippen LogP contribution in [0.4, 0.5) is 0 Å². The molecule has 0 saturated carbocycles. The fraction of sp³-hybridized carbons (Fsp3) is 0.533. The zero-order valence-corrected chi connectivity index (χ0v) is 25.4. The fourth-order valence-electron chi connectivity index (χ4n) is 4.72. The van der Waals surface area contributed by atoms with Crippen LogP contribution < -0.4 is 21.6 Å². The Hall–Kier alpha value is -4.06. The van der Waals surface area contributed by atoms with Gasteiger partial charge in [-0.05, 0) is 57.2 Å². The van der Waals surface area contributed by atoms with Crippen LogP contribution in [-0.4, -0.2) is 68.0 Å². The number of amides is 3. The van der Waals surface area contributed by atoms with Gasteiger partial charge in [0.05, 0.1) is 16.3 Å². The minimum absolute atomic E-state index is 0.113. The van der Waals surface area contributed by atoms with E-state index in [1.807, 2.05) is 6.92 Å². The number of carboxylic acid groups (broad SMARTS) is 1.